The number of amides is 2. The minimum Gasteiger partial charge on any atom is -0.497 e. The molecule has 4 rings (SSSR count). The summed E-state index contributed by atoms with van der Waals surface area (Å²) >= 11 is 7.74. The molecule has 10 heteroatoms. The third-order valence-electron chi connectivity index (χ3n) is 6.25. The first-order chi connectivity index (χ1) is 19.8. The molecule has 1 atom stereocenters. The summed E-state index contributed by atoms with van der Waals surface area (Å²) in [5.74, 6) is 0.350. The van der Waals surface area contributed by atoms with Crippen molar-refractivity contribution < 1.29 is 19.1 Å². The van der Waals surface area contributed by atoms with Crippen LogP contribution >= 0.6 is 23.4 Å². The molecule has 1 heterocycles. The van der Waals surface area contributed by atoms with Gasteiger partial charge in [-0.1, -0.05) is 71.9 Å². The van der Waals surface area contributed by atoms with Crippen molar-refractivity contribution in [2.45, 2.75) is 31.6 Å². The van der Waals surface area contributed by atoms with Crippen molar-refractivity contribution >= 4 is 40.9 Å². The van der Waals surface area contributed by atoms with Gasteiger partial charge in [0.05, 0.1) is 25.7 Å². The van der Waals surface area contributed by atoms with Crippen LogP contribution in [-0.4, -0.2) is 46.7 Å². The molecule has 2 amide bonds. The molecular weight excluding hydrogens is 560 g/mol. The van der Waals surface area contributed by atoms with Gasteiger partial charge in [0.25, 0.3) is 5.91 Å². The van der Waals surface area contributed by atoms with E-state index in [9.17, 15) is 9.59 Å². The highest BCUT2D eigenvalue weighted by Gasteiger charge is 2.32. The first-order valence-corrected chi connectivity index (χ1v) is 14.2. The van der Waals surface area contributed by atoms with Crippen LogP contribution in [0.4, 0.5) is 5.69 Å². The molecular formula is C31H31ClN4O4S. The molecule has 0 bridgehead atoms. The maximum Gasteiger partial charge on any atom is 0.251 e. The number of thioether (sulfide) groups is 1. The standard InChI is InChI=1S/C31H31ClN4O4S/c1-20-16-21(2)34-31(33-20)41-19-28(37)36(18-23-12-8-9-13-25(23)32)29(22-10-6-5-7-11-22)30(38)35-26-15-14-24(39-3)17-27(26)40-4/h5-17,29H,18-19H2,1-4H3,(H,35,38). The van der Waals surface area contributed by atoms with E-state index in [-0.39, 0.29) is 18.2 Å². The van der Waals surface area contributed by atoms with Gasteiger partial charge in [-0.2, -0.15) is 0 Å². The SMILES string of the molecule is COc1ccc(NC(=O)C(c2ccccc2)N(Cc2ccccc2Cl)C(=O)CSc2nc(C)cc(C)n2)c(OC)c1. The topological polar surface area (TPSA) is 93.7 Å². The Hall–Kier alpha value is -4.08. The lowest BCUT2D eigenvalue weighted by atomic mass is 10.0. The molecule has 41 heavy (non-hydrogen) atoms. The molecule has 1 aromatic heterocycles. The predicted molar refractivity (Wildman–Crippen MR) is 162 cm³/mol. The van der Waals surface area contributed by atoms with Gasteiger partial charge >= 0.3 is 0 Å². The van der Waals surface area contributed by atoms with E-state index < -0.39 is 11.9 Å². The molecule has 1 unspecified atom stereocenters. The van der Waals surface area contributed by atoms with Gasteiger partial charge in [-0.15, -0.1) is 0 Å². The van der Waals surface area contributed by atoms with Crippen molar-refractivity contribution in [3.05, 3.63) is 106 Å². The first kappa shape index (κ1) is 29.9. The van der Waals surface area contributed by atoms with Crippen molar-refractivity contribution in [1.29, 1.82) is 0 Å². The third-order valence-corrected chi connectivity index (χ3v) is 7.45. The number of hydrogen-bond donors (Lipinski definition) is 1. The Bertz CT molecular complexity index is 1500. The van der Waals surface area contributed by atoms with Crippen molar-refractivity contribution in [3.63, 3.8) is 0 Å². The molecule has 8 nitrogen and oxygen atoms in total. The largest absolute Gasteiger partial charge is 0.497 e. The number of ether oxygens (including phenoxy) is 2. The summed E-state index contributed by atoms with van der Waals surface area (Å²) in [4.78, 5) is 38.5. The van der Waals surface area contributed by atoms with Crippen LogP contribution in [-0.2, 0) is 16.1 Å². The fraction of sp³-hybridized carbons (Fsp3) is 0.226. The average Bonchev–Trinajstić information content (AvgIpc) is 2.97. The lowest BCUT2D eigenvalue weighted by Gasteiger charge is -2.32. The Morgan fingerprint density at radius 1 is 0.927 bits per heavy atom. The van der Waals surface area contributed by atoms with Crippen molar-refractivity contribution in [2.24, 2.45) is 0 Å². The summed E-state index contributed by atoms with van der Waals surface area (Å²) in [6.45, 7) is 3.88. The van der Waals surface area contributed by atoms with Gasteiger partial charge in [0.2, 0.25) is 5.91 Å². The number of carbonyl (C=O) groups excluding carboxylic acids is 2. The number of carbonyl (C=O) groups is 2. The molecule has 1 N–H and O–H groups in total. The molecule has 0 aliphatic carbocycles. The van der Waals surface area contributed by atoms with E-state index in [1.165, 1.54) is 23.8 Å². The molecule has 0 aliphatic rings. The monoisotopic (exact) mass is 590 g/mol. The molecule has 3 aromatic carbocycles. The molecule has 212 valence electrons. The fourth-order valence-corrected chi connectivity index (χ4v) is 5.34. The van der Waals surface area contributed by atoms with Gasteiger partial charge in [0, 0.05) is 29.0 Å². The molecule has 0 radical (unpaired) electrons. The maximum atomic E-state index is 14.1. The lowest BCUT2D eigenvalue weighted by Crippen LogP contribution is -2.42. The second-order valence-electron chi connectivity index (χ2n) is 9.20. The smallest absolute Gasteiger partial charge is 0.251 e. The number of anilines is 1. The van der Waals surface area contributed by atoms with Crippen LogP contribution in [0.2, 0.25) is 5.02 Å². The molecule has 0 saturated heterocycles. The Labute approximate surface area is 249 Å². The van der Waals surface area contributed by atoms with E-state index in [4.69, 9.17) is 21.1 Å². The molecule has 4 aromatic rings. The van der Waals surface area contributed by atoms with Crippen LogP contribution in [0.1, 0.15) is 28.6 Å². The van der Waals surface area contributed by atoms with Gasteiger partial charge < -0.3 is 19.7 Å². The van der Waals surface area contributed by atoms with Gasteiger partial charge in [-0.25, -0.2) is 9.97 Å². The third kappa shape index (κ3) is 7.77. The Kier molecular flexibility index (Phi) is 10.2. The van der Waals surface area contributed by atoms with Crippen LogP contribution in [0, 0.1) is 13.8 Å². The minimum atomic E-state index is -0.979. The van der Waals surface area contributed by atoms with E-state index in [0.29, 0.717) is 38.5 Å². The van der Waals surface area contributed by atoms with E-state index in [1.807, 2.05) is 68.4 Å². The summed E-state index contributed by atoms with van der Waals surface area (Å²) < 4.78 is 10.8. The predicted octanol–water partition coefficient (Wildman–Crippen LogP) is 6.26. The number of aryl methyl sites for hydroxylation is 2. The van der Waals surface area contributed by atoms with Crippen LogP contribution in [0.3, 0.4) is 0 Å². The van der Waals surface area contributed by atoms with Crippen molar-refractivity contribution in [2.75, 3.05) is 25.3 Å². The quantitative estimate of drug-likeness (QED) is 0.163. The zero-order valence-electron chi connectivity index (χ0n) is 23.3. The maximum absolute atomic E-state index is 14.1. The highest BCUT2D eigenvalue weighted by molar-refractivity contribution is 7.99. The number of halogens is 1. The first-order valence-electron chi connectivity index (χ1n) is 12.8. The lowest BCUT2D eigenvalue weighted by molar-refractivity contribution is -0.137. The second-order valence-corrected chi connectivity index (χ2v) is 10.6. The number of methoxy groups -OCH3 is 2. The van der Waals surface area contributed by atoms with Crippen LogP contribution in [0.25, 0.3) is 0 Å². The Morgan fingerprint density at radius 2 is 1.61 bits per heavy atom. The summed E-state index contributed by atoms with van der Waals surface area (Å²) in [7, 11) is 3.07. The van der Waals surface area contributed by atoms with E-state index >= 15 is 0 Å². The number of rotatable bonds is 11. The highest BCUT2D eigenvalue weighted by atomic mass is 35.5. The second kappa shape index (κ2) is 14.0. The molecule has 0 saturated carbocycles. The fourth-order valence-electron chi connectivity index (χ4n) is 4.31. The van der Waals surface area contributed by atoms with E-state index in [1.54, 1.807) is 31.4 Å². The number of hydrogen-bond acceptors (Lipinski definition) is 7. The normalized spacial score (nSPS) is 11.4. The van der Waals surface area contributed by atoms with Crippen LogP contribution in [0.5, 0.6) is 11.5 Å². The van der Waals surface area contributed by atoms with Gasteiger partial charge in [-0.05, 0) is 49.2 Å². The van der Waals surface area contributed by atoms with Crippen LogP contribution in [0.15, 0.2) is 84.0 Å². The summed E-state index contributed by atoms with van der Waals surface area (Å²) in [5, 5.41) is 3.96. The van der Waals surface area contributed by atoms with Crippen molar-refractivity contribution in [3.8, 4) is 11.5 Å². The molecule has 0 aliphatic heterocycles. The average molecular weight is 591 g/mol. The van der Waals surface area contributed by atoms with E-state index in [2.05, 4.69) is 15.3 Å². The van der Waals surface area contributed by atoms with Crippen LogP contribution < -0.4 is 14.8 Å². The zero-order valence-corrected chi connectivity index (χ0v) is 24.8. The van der Waals surface area contributed by atoms with Gasteiger partial charge in [-0.3, -0.25) is 9.59 Å². The highest BCUT2D eigenvalue weighted by Crippen LogP contribution is 2.33. The number of benzene rings is 3. The molecule has 0 fully saturated rings. The van der Waals surface area contributed by atoms with Crippen molar-refractivity contribution in [1.82, 2.24) is 14.9 Å². The number of nitrogens with zero attached hydrogens (tertiary/aromatic N) is 3. The summed E-state index contributed by atoms with van der Waals surface area (Å²) in [5.41, 5.74) is 3.43. The number of aromatic nitrogens is 2. The minimum absolute atomic E-state index is 0.0236. The Morgan fingerprint density at radius 3 is 2.27 bits per heavy atom. The van der Waals surface area contributed by atoms with Gasteiger partial charge in [0.1, 0.15) is 17.5 Å². The summed E-state index contributed by atoms with van der Waals surface area (Å²) in [6, 6.07) is 22.4. The summed E-state index contributed by atoms with van der Waals surface area (Å²) in [6.07, 6.45) is 0. The van der Waals surface area contributed by atoms with Gasteiger partial charge in [0.15, 0.2) is 5.16 Å². The number of nitrogens with one attached hydrogen (secondary N) is 1. The van der Waals surface area contributed by atoms with E-state index in [0.717, 1.165) is 11.4 Å². The Balaban J connectivity index is 1.72. The molecule has 0 spiro atoms. The zero-order chi connectivity index (χ0) is 29.4.